The molecule has 0 saturated heterocycles. The van der Waals surface area contributed by atoms with Gasteiger partial charge in [0, 0.05) is 29.4 Å². The molecule has 1 heterocycles. The fraction of sp³-hybridized carbons (Fsp3) is 0.294. The van der Waals surface area contributed by atoms with Crippen LogP contribution in [0.4, 0.5) is 0 Å². The Hall–Kier alpha value is -1.58. The highest BCUT2D eigenvalue weighted by Gasteiger charge is 2.20. The number of nitrogens with zero attached hydrogens (tertiary/aromatic N) is 1. The van der Waals surface area contributed by atoms with Crippen LogP contribution in [0.2, 0.25) is 10.0 Å². The van der Waals surface area contributed by atoms with Crippen molar-refractivity contribution >= 4 is 29.1 Å². The Morgan fingerprint density at radius 1 is 1.27 bits per heavy atom. The molecule has 1 aliphatic rings. The first-order valence-corrected chi connectivity index (χ1v) is 8.08. The first-order valence-electron chi connectivity index (χ1n) is 7.32. The molecule has 0 aliphatic heterocycles. The van der Waals surface area contributed by atoms with Gasteiger partial charge in [-0.05, 0) is 49.1 Å². The summed E-state index contributed by atoms with van der Waals surface area (Å²) >= 11 is 12.0. The van der Waals surface area contributed by atoms with E-state index in [1.807, 2.05) is 6.07 Å². The summed E-state index contributed by atoms with van der Waals surface area (Å²) in [7, 11) is 0. The van der Waals surface area contributed by atoms with Gasteiger partial charge >= 0.3 is 0 Å². The molecule has 1 unspecified atom stereocenters. The van der Waals surface area contributed by atoms with E-state index in [0.717, 1.165) is 31.4 Å². The van der Waals surface area contributed by atoms with Crippen molar-refractivity contribution in [2.45, 2.75) is 31.7 Å². The van der Waals surface area contributed by atoms with Crippen LogP contribution in [0.3, 0.4) is 0 Å². The molecule has 1 aromatic carbocycles. The number of nitrogens with one attached hydrogen (secondary N) is 1. The Bertz CT molecular complexity index is 703. The largest absolute Gasteiger partial charge is 0.349 e. The summed E-state index contributed by atoms with van der Waals surface area (Å²) in [6.45, 7) is 0. The van der Waals surface area contributed by atoms with E-state index in [0.29, 0.717) is 15.6 Å². The van der Waals surface area contributed by atoms with Gasteiger partial charge in [0.25, 0.3) is 5.91 Å². The van der Waals surface area contributed by atoms with Crippen LogP contribution < -0.4 is 5.32 Å². The van der Waals surface area contributed by atoms with E-state index in [9.17, 15) is 4.79 Å². The van der Waals surface area contributed by atoms with Gasteiger partial charge in [0.05, 0.1) is 10.6 Å². The number of carbonyl (C=O) groups is 1. The van der Waals surface area contributed by atoms with Crippen molar-refractivity contribution in [1.82, 2.24) is 10.3 Å². The molecule has 3 rings (SSSR count). The standard InChI is InChI=1S/C17H16Cl2N2O/c18-12-6-7-14(15(19)9-12)17(22)21-13-5-1-3-11-4-2-8-20-16(11)10-13/h2,4,6-9,13H,1,3,5,10H2,(H,21,22). The lowest BCUT2D eigenvalue weighted by atomic mass is 10.1. The number of hydrogen-bond acceptors (Lipinski definition) is 2. The van der Waals surface area contributed by atoms with Crippen LogP contribution >= 0.6 is 23.2 Å². The highest BCUT2D eigenvalue weighted by atomic mass is 35.5. The third-order valence-electron chi connectivity index (χ3n) is 3.93. The smallest absolute Gasteiger partial charge is 0.253 e. The van der Waals surface area contributed by atoms with E-state index in [-0.39, 0.29) is 11.9 Å². The Labute approximate surface area is 139 Å². The molecule has 1 aliphatic carbocycles. The molecule has 5 heteroatoms. The average Bonchev–Trinajstić information content (AvgIpc) is 2.68. The van der Waals surface area contributed by atoms with Gasteiger partial charge in [-0.3, -0.25) is 9.78 Å². The van der Waals surface area contributed by atoms with Gasteiger partial charge in [0.1, 0.15) is 0 Å². The molecule has 0 bridgehead atoms. The Morgan fingerprint density at radius 2 is 2.14 bits per heavy atom. The van der Waals surface area contributed by atoms with E-state index in [1.165, 1.54) is 5.56 Å². The van der Waals surface area contributed by atoms with Crippen molar-refractivity contribution in [3.8, 4) is 0 Å². The lowest BCUT2D eigenvalue weighted by Gasteiger charge is -2.17. The predicted octanol–water partition coefficient (Wildman–Crippen LogP) is 4.07. The minimum Gasteiger partial charge on any atom is -0.349 e. The van der Waals surface area contributed by atoms with Gasteiger partial charge in [-0.1, -0.05) is 29.3 Å². The van der Waals surface area contributed by atoms with Crippen molar-refractivity contribution in [3.05, 3.63) is 63.4 Å². The molecular weight excluding hydrogens is 319 g/mol. The highest BCUT2D eigenvalue weighted by molar-refractivity contribution is 6.36. The Kier molecular flexibility index (Phi) is 4.65. The number of fused-ring (bicyclic) bond motifs is 1. The zero-order valence-electron chi connectivity index (χ0n) is 12.0. The van der Waals surface area contributed by atoms with Gasteiger partial charge in [0.15, 0.2) is 0 Å². The van der Waals surface area contributed by atoms with Gasteiger partial charge in [-0.25, -0.2) is 0 Å². The maximum Gasteiger partial charge on any atom is 0.253 e. The van der Waals surface area contributed by atoms with Gasteiger partial charge < -0.3 is 5.32 Å². The number of rotatable bonds is 2. The molecular formula is C17H16Cl2N2O. The summed E-state index contributed by atoms with van der Waals surface area (Å²) in [5, 5.41) is 3.96. The number of carbonyl (C=O) groups excluding carboxylic acids is 1. The number of benzene rings is 1. The molecule has 22 heavy (non-hydrogen) atoms. The monoisotopic (exact) mass is 334 g/mol. The SMILES string of the molecule is O=C(NC1CCCc2cccnc2C1)c1ccc(Cl)cc1Cl. The second-order valence-electron chi connectivity index (χ2n) is 5.50. The van der Waals surface area contributed by atoms with Crippen LogP contribution in [0.25, 0.3) is 0 Å². The molecule has 0 radical (unpaired) electrons. The van der Waals surface area contributed by atoms with Crippen LogP contribution in [-0.2, 0) is 12.8 Å². The second kappa shape index (κ2) is 6.67. The molecule has 1 atom stereocenters. The summed E-state index contributed by atoms with van der Waals surface area (Å²) in [5.41, 5.74) is 2.81. The number of pyridine rings is 1. The number of hydrogen-bond donors (Lipinski definition) is 1. The van der Waals surface area contributed by atoms with Crippen LogP contribution in [0, 0.1) is 0 Å². The summed E-state index contributed by atoms with van der Waals surface area (Å²) < 4.78 is 0. The van der Waals surface area contributed by atoms with E-state index >= 15 is 0 Å². The van der Waals surface area contributed by atoms with Crippen molar-refractivity contribution < 1.29 is 4.79 Å². The normalized spacial score (nSPS) is 17.5. The molecule has 3 nitrogen and oxygen atoms in total. The zero-order chi connectivity index (χ0) is 15.5. The van der Waals surface area contributed by atoms with Crippen LogP contribution in [0.1, 0.15) is 34.5 Å². The quantitative estimate of drug-likeness (QED) is 0.841. The molecule has 1 aromatic heterocycles. The molecule has 0 fully saturated rings. The number of aromatic nitrogens is 1. The summed E-state index contributed by atoms with van der Waals surface area (Å²) in [5.74, 6) is -0.161. The maximum atomic E-state index is 12.4. The van der Waals surface area contributed by atoms with Crippen molar-refractivity contribution in [2.24, 2.45) is 0 Å². The lowest BCUT2D eigenvalue weighted by Crippen LogP contribution is -2.36. The second-order valence-corrected chi connectivity index (χ2v) is 6.34. The summed E-state index contributed by atoms with van der Waals surface area (Å²) in [6.07, 6.45) is 5.55. The van der Waals surface area contributed by atoms with Crippen molar-refractivity contribution in [2.75, 3.05) is 0 Å². The van der Waals surface area contributed by atoms with Crippen LogP contribution in [0.15, 0.2) is 36.5 Å². The molecule has 114 valence electrons. The van der Waals surface area contributed by atoms with E-state index in [4.69, 9.17) is 23.2 Å². The minimum atomic E-state index is -0.161. The fourth-order valence-corrected chi connectivity index (χ4v) is 3.31. The highest BCUT2D eigenvalue weighted by Crippen LogP contribution is 2.22. The van der Waals surface area contributed by atoms with E-state index in [1.54, 1.807) is 24.4 Å². The Morgan fingerprint density at radius 3 is 2.95 bits per heavy atom. The summed E-state index contributed by atoms with van der Waals surface area (Å²) in [4.78, 5) is 16.9. The molecule has 2 aromatic rings. The molecule has 0 spiro atoms. The fourth-order valence-electron chi connectivity index (χ4n) is 2.82. The summed E-state index contributed by atoms with van der Waals surface area (Å²) in [6, 6.07) is 9.07. The lowest BCUT2D eigenvalue weighted by molar-refractivity contribution is 0.0935. The van der Waals surface area contributed by atoms with Gasteiger partial charge in [-0.15, -0.1) is 0 Å². The third kappa shape index (κ3) is 3.42. The minimum absolute atomic E-state index is 0.0791. The number of amides is 1. The third-order valence-corrected chi connectivity index (χ3v) is 4.48. The first-order chi connectivity index (χ1) is 10.6. The van der Waals surface area contributed by atoms with Crippen molar-refractivity contribution in [3.63, 3.8) is 0 Å². The molecule has 1 N–H and O–H groups in total. The Balaban J connectivity index is 1.74. The van der Waals surface area contributed by atoms with Crippen molar-refractivity contribution in [1.29, 1.82) is 0 Å². The van der Waals surface area contributed by atoms with Gasteiger partial charge in [-0.2, -0.15) is 0 Å². The van der Waals surface area contributed by atoms with Crippen LogP contribution in [0.5, 0.6) is 0 Å². The first kappa shape index (κ1) is 15.3. The topological polar surface area (TPSA) is 42.0 Å². The van der Waals surface area contributed by atoms with E-state index in [2.05, 4.69) is 16.4 Å². The average molecular weight is 335 g/mol. The predicted molar refractivity (Wildman–Crippen MR) is 88.6 cm³/mol. The van der Waals surface area contributed by atoms with Crippen LogP contribution in [-0.4, -0.2) is 16.9 Å². The van der Waals surface area contributed by atoms with Gasteiger partial charge in [0.2, 0.25) is 0 Å². The van der Waals surface area contributed by atoms with E-state index < -0.39 is 0 Å². The number of aryl methyl sites for hydroxylation is 1. The zero-order valence-corrected chi connectivity index (χ0v) is 13.5. The molecule has 0 saturated carbocycles. The number of halogens is 2. The molecule has 1 amide bonds. The maximum absolute atomic E-state index is 12.4.